The Bertz CT molecular complexity index is 1010. The number of nitrogens with zero attached hydrogens (tertiary/aromatic N) is 2. The lowest BCUT2D eigenvalue weighted by molar-refractivity contribution is 0.577. The van der Waals surface area contributed by atoms with E-state index >= 15 is 0 Å². The highest BCUT2D eigenvalue weighted by Gasteiger charge is 2.47. The lowest BCUT2D eigenvalue weighted by atomic mass is 10.1. The van der Waals surface area contributed by atoms with Crippen LogP contribution in [0.2, 0.25) is 5.02 Å². The van der Waals surface area contributed by atoms with Crippen molar-refractivity contribution >= 4 is 44.1 Å². The van der Waals surface area contributed by atoms with Crippen molar-refractivity contribution in [2.75, 3.05) is 16.4 Å². The Kier molecular flexibility index (Phi) is 4.90. The Morgan fingerprint density at radius 1 is 1.15 bits per heavy atom. The number of rotatable bonds is 3. The van der Waals surface area contributed by atoms with Gasteiger partial charge in [0.2, 0.25) is 0 Å². The fourth-order valence-corrected chi connectivity index (χ4v) is 6.36. The summed E-state index contributed by atoms with van der Waals surface area (Å²) in [6.07, 6.45) is 0. The number of anilines is 1. The van der Waals surface area contributed by atoms with Crippen LogP contribution in [0.25, 0.3) is 0 Å². The van der Waals surface area contributed by atoms with Crippen LogP contribution in [0.5, 0.6) is 0 Å². The first-order valence-electron chi connectivity index (χ1n) is 8.22. The van der Waals surface area contributed by atoms with Crippen LogP contribution in [0.3, 0.4) is 0 Å². The molecule has 9 heteroatoms. The number of fused-ring (bicyclic) bond motifs is 1. The van der Waals surface area contributed by atoms with Gasteiger partial charge in [0, 0.05) is 16.8 Å². The van der Waals surface area contributed by atoms with Crippen molar-refractivity contribution < 1.29 is 17.2 Å². The molecule has 2 heterocycles. The molecule has 2 aliphatic rings. The summed E-state index contributed by atoms with van der Waals surface area (Å²) in [4.78, 5) is 6.14. The third-order valence-corrected chi connectivity index (χ3v) is 7.55. The van der Waals surface area contributed by atoms with Crippen molar-refractivity contribution in [3.05, 3.63) is 64.7 Å². The third-order valence-electron chi connectivity index (χ3n) is 4.56. The average Bonchev–Trinajstić information content (AvgIpc) is 3.06. The van der Waals surface area contributed by atoms with E-state index in [2.05, 4.69) is 4.99 Å². The highest BCUT2D eigenvalue weighted by Crippen LogP contribution is 2.37. The molecule has 0 bridgehead atoms. The van der Waals surface area contributed by atoms with Crippen molar-refractivity contribution in [2.45, 2.75) is 17.8 Å². The quantitative estimate of drug-likeness (QED) is 0.744. The summed E-state index contributed by atoms with van der Waals surface area (Å²) in [7, 11) is -3.23. The maximum Gasteiger partial charge on any atom is 0.164 e. The summed E-state index contributed by atoms with van der Waals surface area (Å²) in [6.45, 7) is 0. The van der Waals surface area contributed by atoms with Crippen molar-refractivity contribution in [2.24, 2.45) is 4.99 Å². The number of halogens is 3. The molecule has 2 aliphatic heterocycles. The van der Waals surface area contributed by atoms with Crippen LogP contribution in [0.4, 0.5) is 14.5 Å². The summed E-state index contributed by atoms with van der Waals surface area (Å²) in [6, 6.07) is 9.73. The lowest BCUT2D eigenvalue weighted by Gasteiger charge is -2.26. The normalized spacial score (nSPS) is 23.4. The van der Waals surface area contributed by atoms with Crippen molar-refractivity contribution in [1.29, 1.82) is 0 Å². The van der Waals surface area contributed by atoms with Gasteiger partial charge >= 0.3 is 0 Å². The zero-order valence-corrected chi connectivity index (χ0v) is 16.4. The van der Waals surface area contributed by atoms with Crippen molar-refractivity contribution in [3.63, 3.8) is 0 Å². The lowest BCUT2D eigenvalue weighted by Crippen LogP contribution is -2.39. The molecule has 2 atom stereocenters. The average molecular weight is 429 g/mol. The Labute approximate surface area is 165 Å². The molecule has 0 aliphatic carbocycles. The van der Waals surface area contributed by atoms with E-state index in [1.54, 1.807) is 17.0 Å². The summed E-state index contributed by atoms with van der Waals surface area (Å²) in [5.74, 6) is -0.995. The van der Waals surface area contributed by atoms with E-state index in [9.17, 15) is 17.2 Å². The minimum atomic E-state index is -3.23. The first kappa shape index (κ1) is 18.7. The van der Waals surface area contributed by atoms with E-state index in [1.807, 2.05) is 12.1 Å². The number of thioether (sulfide) groups is 1. The van der Waals surface area contributed by atoms with Gasteiger partial charge in [0.05, 0.1) is 29.3 Å². The maximum atomic E-state index is 14.4. The summed E-state index contributed by atoms with van der Waals surface area (Å²) in [5, 5.41) is 1.18. The van der Waals surface area contributed by atoms with Crippen LogP contribution in [0.1, 0.15) is 5.56 Å². The summed E-state index contributed by atoms with van der Waals surface area (Å²) < 4.78 is 51.8. The molecule has 27 heavy (non-hydrogen) atoms. The van der Waals surface area contributed by atoms with Gasteiger partial charge < -0.3 is 4.90 Å². The van der Waals surface area contributed by atoms with Crippen molar-refractivity contribution in [3.8, 4) is 0 Å². The zero-order chi connectivity index (χ0) is 19.2. The Morgan fingerprint density at radius 3 is 2.59 bits per heavy atom. The Hall–Kier alpha value is -1.64. The predicted molar refractivity (Wildman–Crippen MR) is 105 cm³/mol. The number of aliphatic imine (C=N–C) groups is 1. The van der Waals surface area contributed by atoms with Gasteiger partial charge in [-0.25, -0.2) is 17.2 Å². The molecule has 2 unspecified atom stereocenters. The second kappa shape index (κ2) is 7.07. The van der Waals surface area contributed by atoms with Gasteiger partial charge in [-0.15, -0.1) is 0 Å². The predicted octanol–water partition coefficient (Wildman–Crippen LogP) is 3.89. The molecule has 0 saturated carbocycles. The number of sulfone groups is 1. The topological polar surface area (TPSA) is 49.7 Å². The van der Waals surface area contributed by atoms with E-state index in [0.717, 1.165) is 17.7 Å². The van der Waals surface area contributed by atoms with Crippen LogP contribution < -0.4 is 4.90 Å². The highest BCUT2D eigenvalue weighted by atomic mass is 35.5. The molecule has 2 aromatic carbocycles. The molecular formula is C18H15ClF2N2O2S2. The number of benzene rings is 2. The highest BCUT2D eigenvalue weighted by molar-refractivity contribution is 8.13. The molecule has 1 saturated heterocycles. The van der Waals surface area contributed by atoms with Gasteiger partial charge in [-0.2, -0.15) is 0 Å². The van der Waals surface area contributed by atoms with Crippen LogP contribution in [-0.2, 0) is 15.6 Å². The third kappa shape index (κ3) is 3.83. The first-order valence-corrected chi connectivity index (χ1v) is 11.4. The molecule has 0 aromatic heterocycles. The molecule has 2 aromatic rings. The Morgan fingerprint density at radius 2 is 1.89 bits per heavy atom. The first-order chi connectivity index (χ1) is 12.8. The molecule has 142 valence electrons. The minimum Gasteiger partial charge on any atom is -0.312 e. The van der Waals surface area contributed by atoms with Crippen LogP contribution in [-0.4, -0.2) is 37.2 Å². The second-order valence-electron chi connectivity index (χ2n) is 6.50. The summed E-state index contributed by atoms with van der Waals surface area (Å²) >= 11 is 7.29. The van der Waals surface area contributed by atoms with E-state index in [4.69, 9.17) is 11.6 Å². The van der Waals surface area contributed by atoms with Crippen LogP contribution in [0.15, 0.2) is 47.5 Å². The van der Waals surface area contributed by atoms with Gasteiger partial charge in [-0.1, -0.05) is 35.5 Å². The van der Waals surface area contributed by atoms with Gasteiger partial charge in [0.25, 0.3) is 0 Å². The molecule has 4 rings (SSSR count). The number of hydrogen-bond donors (Lipinski definition) is 0. The molecule has 4 nitrogen and oxygen atoms in total. The fraction of sp³-hybridized carbons (Fsp3) is 0.278. The van der Waals surface area contributed by atoms with E-state index < -0.39 is 33.6 Å². The SMILES string of the molecule is O=S1(=O)CC2N=C(SCc3ccc(Cl)cc3)N(c3ccc(F)cc3F)C2C1. The second-order valence-corrected chi connectivity index (χ2v) is 10.0. The Balaban J connectivity index is 1.64. The monoisotopic (exact) mass is 428 g/mol. The zero-order valence-electron chi connectivity index (χ0n) is 14.0. The van der Waals surface area contributed by atoms with Gasteiger partial charge in [-0.05, 0) is 29.8 Å². The molecule has 0 radical (unpaired) electrons. The molecule has 0 spiro atoms. The fourth-order valence-electron chi connectivity index (χ4n) is 3.32. The summed E-state index contributed by atoms with van der Waals surface area (Å²) in [5.41, 5.74) is 1.15. The van der Waals surface area contributed by atoms with Gasteiger partial charge in [-0.3, -0.25) is 4.99 Å². The van der Waals surface area contributed by atoms with Crippen molar-refractivity contribution in [1.82, 2.24) is 0 Å². The minimum absolute atomic E-state index is 0.0536. The van der Waals surface area contributed by atoms with E-state index in [-0.39, 0.29) is 17.2 Å². The van der Waals surface area contributed by atoms with E-state index in [0.29, 0.717) is 15.9 Å². The van der Waals surface area contributed by atoms with Gasteiger partial charge in [0.15, 0.2) is 15.0 Å². The van der Waals surface area contributed by atoms with Crippen LogP contribution >= 0.6 is 23.4 Å². The molecule has 1 fully saturated rings. The number of hydrogen-bond acceptors (Lipinski definition) is 5. The standard InChI is InChI=1S/C18H15ClF2N2O2S2/c19-12-3-1-11(2-4-12)8-26-18-22-15-9-27(24,25)10-17(15)23(18)16-6-5-13(20)7-14(16)21/h1-7,15,17H,8-10H2. The maximum absolute atomic E-state index is 14.4. The number of amidine groups is 1. The van der Waals surface area contributed by atoms with E-state index in [1.165, 1.54) is 17.8 Å². The smallest absolute Gasteiger partial charge is 0.164 e. The van der Waals surface area contributed by atoms with Gasteiger partial charge in [0.1, 0.15) is 11.6 Å². The molecule has 0 amide bonds. The molecule has 0 N–H and O–H groups in total. The van der Waals surface area contributed by atoms with Crippen LogP contribution in [0, 0.1) is 11.6 Å². The molecular weight excluding hydrogens is 414 g/mol. The largest absolute Gasteiger partial charge is 0.312 e.